The first-order chi connectivity index (χ1) is 55.0. The smallest absolute Gasteiger partial charge is 1.00 e. The van der Waals surface area contributed by atoms with Crippen LogP contribution in [-0.4, -0.2) is 118 Å². The molecular formula is C114H173BrFLiMg3O6. The summed E-state index contributed by atoms with van der Waals surface area (Å²) in [6, 6.07) is 53.2. The number of aryl methyl sites for hydroxylation is 5. The van der Waals surface area contributed by atoms with Gasteiger partial charge >= 0.3 is 88.0 Å². The van der Waals surface area contributed by atoms with Gasteiger partial charge in [0.05, 0.1) is 35.5 Å². The third-order valence-corrected chi connectivity index (χ3v) is 21.6. The molecule has 0 spiro atoms. The summed E-state index contributed by atoms with van der Waals surface area (Å²) in [6.07, 6.45) is 4.83. The van der Waals surface area contributed by atoms with Crippen LogP contribution in [0.3, 0.4) is 0 Å². The fraction of sp³-hybridized carbons (Fsp3) is 0.509. The number of halogens is 2. The van der Waals surface area contributed by atoms with Crippen LogP contribution in [0.5, 0.6) is 28.7 Å². The van der Waals surface area contributed by atoms with Gasteiger partial charge in [-0.1, -0.05) is 292 Å². The van der Waals surface area contributed by atoms with E-state index in [1.54, 1.807) is 34.5 Å². The van der Waals surface area contributed by atoms with E-state index in [0.717, 1.165) is 53.8 Å². The Morgan fingerprint density at radius 3 is 0.952 bits per heavy atom. The molecule has 0 N–H and O–H groups in total. The van der Waals surface area contributed by atoms with Gasteiger partial charge in [-0.25, -0.2) is 4.39 Å². The first kappa shape index (κ1) is 134. The monoisotopic (exact) mass is 1820 g/mol. The average Bonchev–Trinajstić information content (AvgIpc) is 0.803. The van der Waals surface area contributed by atoms with Crippen molar-refractivity contribution in [3.05, 3.63) is 265 Å². The van der Waals surface area contributed by atoms with Gasteiger partial charge in [0, 0.05) is 19.0 Å². The molecule has 1 aliphatic rings. The number of hydrogen-bond acceptors (Lipinski definition) is 6. The normalized spacial score (nSPS) is 10.8. The molecule has 9 aromatic carbocycles. The Morgan fingerprint density at radius 1 is 0.381 bits per heavy atom. The predicted octanol–water partition coefficient (Wildman–Crippen LogP) is 28.0. The van der Waals surface area contributed by atoms with Crippen molar-refractivity contribution in [2.24, 2.45) is 0 Å². The molecule has 126 heavy (non-hydrogen) atoms. The second-order valence-corrected chi connectivity index (χ2v) is 35.3. The van der Waals surface area contributed by atoms with Gasteiger partial charge in [0.25, 0.3) is 0 Å². The van der Waals surface area contributed by atoms with Gasteiger partial charge in [-0.15, -0.1) is 23.3 Å². The zero-order valence-corrected chi connectivity index (χ0v) is 90.5. The topological polar surface area (TPSA) is 55.4 Å². The van der Waals surface area contributed by atoms with E-state index in [1.807, 2.05) is 38.1 Å². The molecule has 0 radical (unpaired) electrons. The minimum absolute atomic E-state index is 0. The van der Waals surface area contributed by atoms with Gasteiger partial charge in [-0.2, -0.15) is 41.3 Å². The minimum Gasteiger partial charge on any atom is -1.00 e. The van der Waals surface area contributed by atoms with Gasteiger partial charge in [-0.05, 0) is 262 Å². The maximum atomic E-state index is 12.7. The van der Waals surface area contributed by atoms with Crippen LogP contribution in [0.15, 0.2) is 115 Å². The van der Waals surface area contributed by atoms with Crippen molar-refractivity contribution in [2.45, 2.75) is 341 Å². The Kier molecular flexibility index (Phi) is 71.6. The Morgan fingerprint density at radius 2 is 0.698 bits per heavy atom. The van der Waals surface area contributed by atoms with Gasteiger partial charge < -0.3 is 62.6 Å². The molecule has 0 unspecified atom stereocenters. The van der Waals surface area contributed by atoms with Crippen LogP contribution in [0.1, 0.15) is 401 Å². The van der Waals surface area contributed by atoms with E-state index >= 15 is 0 Å². The van der Waals surface area contributed by atoms with Crippen molar-refractivity contribution >= 4 is 69.2 Å². The van der Waals surface area contributed by atoms with Gasteiger partial charge in [0.1, 0.15) is 11.5 Å². The van der Waals surface area contributed by atoms with Crippen LogP contribution < -0.4 is 59.5 Å². The maximum absolute atomic E-state index is 12.7. The fourth-order valence-electron chi connectivity index (χ4n) is 14.0. The van der Waals surface area contributed by atoms with Crippen molar-refractivity contribution in [1.29, 1.82) is 0 Å². The van der Waals surface area contributed by atoms with E-state index in [0.29, 0.717) is 76.8 Å². The van der Waals surface area contributed by atoms with E-state index < -0.39 is 0 Å². The maximum Gasteiger partial charge on any atom is 2.00 e. The van der Waals surface area contributed by atoms with Crippen molar-refractivity contribution in [3.8, 4) is 62.1 Å². The Labute approximate surface area is 849 Å². The Hall–Kier alpha value is -4.93. The van der Waals surface area contributed by atoms with Crippen LogP contribution in [0.4, 0.5) is 4.39 Å². The third-order valence-electron chi connectivity index (χ3n) is 21.6. The van der Waals surface area contributed by atoms with E-state index in [9.17, 15) is 4.39 Å². The van der Waals surface area contributed by atoms with Gasteiger partial charge in [-0.3, -0.25) is 0 Å². The minimum atomic E-state index is -0.303. The van der Waals surface area contributed by atoms with Crippen LogP contribution >= 0.6 is 0 Å². The summed E-state index contributed by atoms with van der Waals surface area (Å²) >= 11 is 0. The number of methoxy groups -OCH3 is 5. The van der Waals surface area contributed by atoms with Crippen LogP contribution in [0, 0.1) is 92.9 Å². The number of unbranched alkanes of at least 4 members (excludes halogenated alkanes) is 1. The molecule has 1 saturated heterocycles. The third kappa shape index (κ3) is 41.1. The van der Waals surface area contributed by atoms with Crippen LogP contribution in [0.2, 0.25) is 0 Å². The zero-order valence-electron chi connectivity index (χ0n) is 86.7. The summed E-state index contributed by atoms with van der Waals surface area (Å²) in [5.41, 5.74) is 33.5. The van der Waals surface area contributed by atoms with E-state index in [4.69, 9.17) is 28.4 Å². The molecule has 9 aromatic rings. The van der Waals surface area contributed by atoms with Crippen LogP contribution in [-0.2, 0) is 4.74 Å². The summed E-state index contributed by atoms with van der Waals surface area (Å²) in [6.45, 7) is 77.2. The summed E-state index contributed by atoms with van der Waals surface area (Å²) in [5, 5.41) is 0. The van der Waals surface area contributed by atoms with E-state index in [1.165, 1.54) is 160 Å². The molecule has 12 heteroatoms. The number of rotatable bonds is 21. The van der Waals surface area contributed by atoms with E-state index in [2.05, 4.69) is 318 Å². The summed E-state index contributed by atoms with van der Waals surface area (Å²) in [5.74, 6) is 9.69. The summed E-state index contributed by atoms with van der Waals surface area (Å²) < 4.78 is 44.0. The van der Waals surface area contributed by atoms with Crippen molar-refractivity contribution in [3.63, 3.8) is 0 Å². The number of hydrogen-bond donors (Lipinski definition) is 0. The van der Waals surface area contributed by atoms with Crippen molar-refractivity contribution < 1.29 is 71.5 Å². The molecule has 0 amide bonds. The molecule has 0 saturated carbocycles. The first-order valence-electron chi connectivity index (χ1n) is 43.6. The quantitative estimate of drug-likeness (QED) is 0.0528. The summed E-state index contributed by atoms with van der Waals surface area (Å²) in [7, 11) is 8.30. The molecule has 0 aliphatic carbocycles. The molecule has 1 aliphatic heterocycles. The average molecular weight is 1820 g/mol. The number of benzene rings is 8. The standard InChI is InChI=1S/2C24H34O.C23H31O.C15H23.C8H9FO.C8H8O.C4H8O.C4H9.3CH4.CH3.BrH.Li.3Mg.2H/c2*1-14(2)19-12-20(15(3)4)24(21(13-19)16(5)6)23-17(7)10-11-22(25-9)18(23)8;1-14(2)18-11-20(15(3)4)23(21(12-18)16(5)6)22-13-19(24-8)10-9-17(22)7;1-10(2)13-7-14(11(3)4)9-15(8-13)12(5)6;1-6-3-4-8(10-2)7(9)5-6;1-7-3-5-8(9-2)6-4-7;1-2-4-5-3-1;1-3-4-2;;;;;;;;;;;/h2*10-16H,1-9H3;9-12,14-16H,1-8H3;7-8,10-12H,1-6H3;3-5H,1-2H3;3,5H,1-2H3;1-4H2;1,3-4H2,2H3;3*1H4;1H3;1H;;;;;;/q;;2*-1;;;;-1;;;;-1;;+1;3*+2;2*-1/p-1. The largest absolute Gasteiger partial charge is 2.00 e. The van der Waals surface area contributed by atoms with Gasteiger partial charge in [0.2, 0.25) is 0 Å². The second-order valence-electron chi connectivity index (χ2n) is 35.3. The predicted molar refractivity (Wildman–Crippen MR) is 552 cm³/mol. The second kappa shape index (κ2) is 67.3. The zero-order chi connectivity index (χ0) is 88.6. The Bertz CT molecular complexity index is 4190. The van der Waals surface area contributed by atoms with Crippen molar-refractivity contribution in [1.82, 2.24) is 0 Å². The number of ether oxygens (including phenoxy) is 6. The molecule has 6 nitrogen and oxygen atoms in total. The SMILES string of the molecule is C.C.C.C1CCOC1.CC(C)c1[c-]c(C(C)C)cc(C(C)C)c1.COc1[c-]c(-c2c(C(C)C)cc(C(C)C)cc2C(C)C)c(C)cc1.COc1c#cc(C)cc1.COc1ccc(C)c(-c2c(C(C)C)cc(C(C)C)cc2C(C)C)c1C.COc1ccc(C)c(-c2c(C(C)C)cc(C(C)C)cc2C(C)C)c1C.COc1ccc(C)cc1F.[Br-].[CH2-]CCC.[CH3-].[H-].[H-].[Li+].[Mg+2].[Mg+2].[Mg+2]. The van der Waals surface area contributed by atoms with Crippen LogP contribution in [0.25, 0.3) is 33.4 Å². The molecule has 1 fully saturated rings. The fourth-order valence-corrected chi connectivity index (χ4v) is 14.0. The molecule has 0 aromatic heterocycles. The molecule has 0 atom stereocenters. The first-order valence-corrected chi connectivity index (χ1v) is 43.6. The molecule has 0 bridgehead atoms. The molecule has 1 heterocycles. The molecule has 686 valence electrons. The van der Waals surface area contributed by atoms with Crippen molar-refractivity contribution in [2.75, 3.05) is 48.8 Å². The molecular weight excluding hydrogens is 1640 g/mol. The van der Waals surface area contributed by atoms with E-state index in [-0.39, 0.29) is 143 Å². The van der Waals surface area contributed by atoms with Gasteiger partial charge in [0.15, 0.2) is 17.3 Å². The molecule has 10 rings (SSSR count). The summed E-state index contributed by atoms with van der Waals surface area (Å²) in [4.78, 5) is 0. The Balaban J connectivity index is -0.000000188.